The number of nitrogens with zero attached hydrogens (tertiary/aromatic N) is 1. The Morgan fingerprint density at radius 3 is 2.83 bits per heavy atom. The molecule has 0 fully saturated rings. The first kappa shape index (κ1) is 18.7. The second-order valence-corrected chi connectivity index (χ2v) is 6.69. The molecule has 1 amide bonds. The first-order chi connectivity index (χ1) is 14.1. The highest BCUT2D eigenvalue weighted by Crippen LogP contribution is 2.32. The Kier molecular flexibility index (Phi) is 5.23. The molecule has 1 aliphatic heterocycles. The lowest BCUT2D eigenvalue weighted by Crippen LogP contribution is -2.23. The van der Waals surface area contributed by atoms with Crippen molar-refractivity contribution in [1.82, 2.24) is 5.32 Å². The number of hydrogen-bond donors (Lipinski definition) is 1. The van der Waals surface area contributed by atoms with Gasteiger partial charge in [-0.25, -0.2) is 0 Å². The summed E-state index contributed by atoms with van der Waals surface area (Å²) in [5, 5.41) is 12.7. The van der Waals surface area contributed by atoms with E-state index in [0.29, 0.717) is 28.0 Å². The largest absolute Gasteiger partial charge is 0.457 e. The number of carbonyl (C=O) groups is 1. The summed E-state index contributed by atoms with van der Waals surface area (Å²) in [6.45, 7) is 0.438. The van der Waals surface area contributed by atoms with Crippen molar-refractivity contribution >= 4 is 23.6 Å². The van der Waals surface area contributed by atoms with Crippen LogP contribution in [0.4, 0.5) is 0 Å². The molecule has 0 spiro atoms. The Hall–Kier alpha value is -3.69. The fourth-order valence-electron chi connectivity index (χ4n) is 2.85. The van der Waals surface area contributed by atoms with Gasteiger partial charge in [0.05, 0.1) is 0 Å². The number of hydrogen-bond acceptors (Lipinski definition) is 5. The molecule has 29 heavy (non-hydrogen) atoms. The molecule has 0 saturated heterocycles. The van der Waals surface area contributed by atoms with Crippen molar-refractivity contribution in [2.75, 3.05) is 6.79 Å². The van der Waals surface area contributed by atoms with Gasteiger partial charge in [-0.3, -0.25) is 4.79 Å². The fraction of sp³-hybridized carbons (Fsp3) is 0.0909. The van der Waals surface area contributed by atoms with E-state index >= 15 is 0 Å². The number of nitrogens with one attached hydrogen (secondary N) is 1. The Balaban J connectivity index is 1.45. The number of fused-ring (bicyclic) bond motifs is 1. The van der Waals surface area contributed by atoms with E-state index in [1.807, 2.05) is 24.3 Å². The first-order valence-electron chi connectivity index (χ1n) is 8.77. The minimum Gasteiger partial charge on any atom is -0.457 e. The van der Waals surface area contributed by atoms with E-state index in [2.05, 4.69) is 5.32 Å². The molecule has 144 valence electrons. The normalized spacial score (nSPS) is 12.5. The number of halogens is 1. The molecule has 0 saturated carbocycles. The van der Waals surface area contributed by atoms with Crippen LogP contribution in [0.15, 0.2) is 64.6 Å². The lowest BCUT2D eigenvalue weighted by Gasteiger charge is -2.05. The van der Waals surface area contributed by atoms with Gasteiger partial charge in [-0.15, -0.1) is 0 Å². The van der Waals surface area contributed by atoms with Crippen LogP contribution in [0.5, 0.6) is 11.5 Å². The maximum absolute atomic E-state index is 12.4. The van der Waals surface area contributed by atoms with Crippen LogP contribution in [0.2, 0.25) is 5.02 Å². The molecule has 0 unspecified atom stereocenters. The molecule has 1 aliphatic rings. The zero-order chi connectivity index (χ0) is 20.2. The van der Waals surface area contributed by atoms with Gasteiger partial charge in [0.15, 0.2) is 11.5 Å². The molecule has 0 bridgehead atoms. The SMILES string of the molecule is N#CC(=Cc1ccc(-c2cccc(Cl)c2)o1)C(=O)NCc1ccc2c(c1)OCO2. The summed E-state index contributed by atoms with van der Waals surface area (Å²) in [5.74, 6) is 1.81. The van der Waals surface area contributed by atoms with Crippen molar-refractivity contribution in [2.45, 2.75) is 6.54 Å². The molecular formula is C22H15ClN2O4. The zero-order valence-electron chi connectivity index (χ0n) is 15.1. The van der Waals surface area contributed by atoms with Crippen LogP contribution in [0.25, 0.3) is 17.4 Å². The predicted octanol–water partition coefficient (Wildman–Crippen LogP) is 4.55. The van der Waals surface area contributed by atoms with Crippen molar-refractivity contribution in [3.63, 3.8) is 0 Å². The van der Waals surface area contributed by atoms with Crippen LogP contribution in [0.1, 0.15) is 11.3 Å². The summed E-state index contributed by atoms with van der Waals surface area (Å²) >= 11 is 6.00. The van der Waals surface area contributed by atoms with Gasteiger partial charge >= 0.3 is 0 Å². The molecule has 1 N–H and O–H groups in total. The Labute approximate surface area is 171 Å². The van der Waals surface area contributed by atoms with Gasteiger partial charge in [0, 0.05) is 23.2 Å². The second-order valence-electron chi connectivity index (χ2n) is 6.25. The van der Waals surface area contributed by atoms with E-state index in [0.717, 1.165) is 11.1 Å². The molecule has 0 radical (unpaired) electrons. The van der Waals surface area contributed by atoms with Crippen LogP contribution in [-0.2, 0) is 11.3 Å². The van der Waals surface area contributed by atoms with Gasteiger partial charge in [0.2, 0.25) is 6.79 Å². The molecule has 0 aliphatic carbocycles. The minimum absolute atomic E-state index is 0.0577. The smallest absolute Gasteiger partial charge is 0.262 e. The number of amides is 1. The summed E-state index contributed by atoms with van der Waals surface area (Å²) in [7, 11) is 0. The highest BCUT2D eigenvalue weighted by molar-refractivity contribution is 6.30. The van der Waals surface area contributed by atoms with Gasteiger partial charge in [0.25, 0.3) is 5.91 Å². The third kappa shape index (κ3) is 4.26. The van der Waals surface area contributed by atoms with E-state index < -0.39 is 5.91 Å². The molecule has 4 rings (SSSR count). The van der Waals surface area contributed by atoms with Gasteiger partial charge < -0.3 is 19.2 Å². The standard InChI is InChI=1S/C22H15ClN2O4/c23-17-3-1-2-15(9-17)19-7-5-18(29-19)10-16(11-24)22(26)25-12-14-4-6-20-21(8-14)28-13-27-20/h1-10H,12-13H2,(H,25,26). The summed E-state index contributed by atoms with van der Waals surface area (Å²) in [4.78, 5) is 12.4. The molecule has 1 aromatic heterocycles. The Bertz CT molecular complexity index is 1140. The van der Waals surface area contributed by atoms with Crippen molar-refractivity contribution in [3.8, 4) is 28.9 Å². The number of furan rings is 1. The first-order valence-corrected chi connectivity index (χ1v) is 9.14. The highest BCUT2D eigenvalue weighted by atomic mass is 35.5. The van der Waals surface area contributed by atoms with E-state index in [4.69, 9.17) is 25.5 Å². The maximum Gasteiger partial charge on any atom is 0.262 e. The molecular weight excluding hydrogens is 392 g/mol. The molecule has 3 aromatic rings. The fourth-order valence-corrected chi connectivity index (χ4v) is 3.04. The Morgan fingerprint density at radius 1 is 1.14 bits per heavy atom. The average molecular weight is 407 g/mol. The van der Waals surface area contributed by atoms with Crippen molar-refractivity contribution in [2.24, 2.45) is 0 Å². The van der Waals surface area contributed by atoms with Crippen molar-refractivity contribution < 1.29 is 18.7 Å². The topological polar surface area (TPSA) is 84.5 Å². The minimum atomic E-state index is -0.495. The Morgan fingerprint density at radius 2 is 2.00 bits per heavy atom. The highest BCUT2D eigenvalue weighted by Gasteiger charge is 2.15. The average Bonchev–Trinajstić information content (AvgIpc) is 3.39. The van der Waals surface area contributed by atoms with E-state index in [1.165, 1.54) is 6.08 Å². The number of rotatable bonds is 5. The molecule has 6 nitrogen and oxygen atoms in total. The summed E-state index contributed by atoms with van der Waals surface area (Å²) in [6.07, 6.45) is 1.41. The number of nitriles is 1. The monoisotopic (exact) mass is 406 g/mol. The van der Waals surface area contributed by atoms with Crippen LogP contribution >= 0.6 is 11.6 Å². The molecule has 2 heterocycles. The number of ether oxygens (including phenoxy) is 2. The van der Waals surface area contributed by atoms with E-state index in [1.54, 1.807) is 36.4 Å². The van der Waals surface area contributed by atoms with Crippen LogP contribution in [-0.4, -0.2) is 12.7 Å². The van der Waals surface area contributed by atoms with Crippen LogP contribution in [0.3, 0.4) is 0 Å². The quantitative estimate of drug-likeness (QED) is 0.496. The van der Waals surface area contributed by atoms with Gasteiger partial charge in [-0.2, -0.15) is 5.26 Å². The van der Waals surface area contributed by atoms with Crippen LogP contribution in [0, 0.1) is 11.3 Å². The van der Waals surface area contributed by atoms with Crippen LogP contribution < -0.4 is 14.8 Å². The summed E-state index contributed by atoms with van der Waals surface area (Å²) < 4.78 is 16.3. The molecule has 7 heteroatoms. The van der Waals surface area contributed by atoms with E-state index in [-0.39, 0.29) is 18.9 Å². The molecule has 0 atom stereocenters. The van der Waals surface area contributed by atoms with Crippen molar-refractivity contribution in [3.05, 3.63) is 76.5 Å². The molecule has 2 aromatic carbocycles. The van der Waals surface area contributed by atoms with Gasteiger partial charge in [0.1, 0.15) is 23.2 Å². The summed E-state index contributed by atoms with van der Waals surface area (Å²) in [6, 6.07) is 18.0. The predicted molar refractivity (Wildman–Crippen MR) is 107 cm³/mol. The van der Waals surface area contributed by atoms with Gasteiger partial charge in [-0.05, 0) is 42.0 Å². The second kappa shape index (κ2) is 8.13. The lowest BCUT2D eigenvalue weighted by molar-refractivity contribution is -0.117. The maximum atomic E-state index is 12.4. The van der Waals surface area contributed by atoms with E-state index in [9.17, 15) is 10.1 Å². The lowest BCUT2D eigenvalue weighted by atomic mass is 10.2. The number of carbonyl (C=O) groups excluding carboxylic acids is 1. The third-order valence-corrected chi connectivity index (χ3v) is 4.51. The number of benzene rings is 2. The third-order valence-electron chi connectivity index (χ3n) is 4.28. The van der Waals surface area contributed by atoms with Crippen molar-refractivity contribution in [1.29, 1.82) is 5.26 Å². The van der Waals surface area contributed by atoms with Gasteiger partial charge in [-0.1, -0.05) is 29.8 Å². The summed E-state index contributed by atoms with van der Waals surface area (Å²) in [5.41, 5.74) is 1.58. The zero-order valence-corrected chi connectivity index (χ0v) is 15.9.